The first kappa shape index (κ1) is 13.8. The fourth-order valence-electron chi connectivity index (χ4n) is 2.57. The van der Waals surface area contributed by atoms with Crippen molar-refractivity contribution in [3.63, 3.8) is 0 Å². The molecule has 0 amide bonds. The van der Waals surface area contributed by atoms with Gasteiger partial charge in [-0.25, -0.2) is 0 Å². The molecule has 0 aliphatic heterocycles. The zero-order valence-corrected chi connectivity index (χ0v) is 12.3. The van der Waals surface area contributed by atoms with Crippen LogP contribution in [0.4, 0.5) is 0 Å². The summed E-state index contributed by atoms with van der Waals surface area (Å²) in [5, 5.41) is 4.60. The molecule has 0 atom stereocenters. The van der Waals surface area contributed by atoms with Crippen molar-refractivity contribution in [2.75, 3.05) is 6.54 Å². The maximum atomic E-state index is 4.42. The highest BCUT2D eigenvalue weighted by atomic mass is 14.8. The lowest BCUT2D eigenvalue weighted by atomic mass is 10.0. The molecule has 0 unspecified atom stereocenters. The Morgan fingerprint density at radius 2 is 1.67 bits per heavy atom. The van der Waals surface area contributed by atoms with Crippen LogP contribution in [0.2, 0.25) is 0 Å². The molecule has 0 aliphatic carbocycles. The number of para-hydroxylation sites is 1. The summed E-state index contributed by atoms with van der Waals surface area (Å²) >= 11 is 0. The van der Waals surface area contributed by atoms with Crippen LogP contribution in [0.5, 0.6) is 0 Å². The minimum atomic E-state index is 0.939. The monoisotopic (exact) mass is 276 g/mol. The van der Waals surface area contributed by atoms with Crippen molar-refractivity contribution in [3.8, 4) is 0 Å². The summed E-state index contributed by atoms with van der Waals surface area (Å²) in [6.07, 6.45) is 2.85. The van der Waals surface area contributed by atoms with E-state index in [0.29, 0.717) is 0 Å². The number of rotatable bonds is 5. The van der Waals surface area contributed by atoms with E-state index in [1.165, 1.54) is 22.1 Å². The van der Waals surface area contributed by atoms with Crippen molar-refractivity contribution >= 4 is 10.9 Å². The number of nitrogens with one attached hydrogen (secondary N) is 1. The Morgan fingerprint density at radius 1 is 0.905 bits per heavy atom. The maximum absolute atomic E-state index is 4.42. The van der Waals surface area contributed by atoms with Gasteiger partial charge in [0.15, 0.2) is 0 Å². The predicted molar refractivity (Wildman–Crippen MR) is 88.4 cm³/mol. The van der Waals surface area contributed by atoms with E-state index in [4.69, 9.17) is 0 Å². The predicted octanol–water partition coefficient (Wildman–Crippen LogP) is 3.94. The molecule has 1 N–H and O–H groups in total. The summed E-state index contributed by atoms with van der Waals surface area (Å²) in [7, 11) is 0. The normalized spacial score (nSPS) is 10.9. The molecule has 0 aliphatic rings. The van der Waals surface area contributed by atoms with Crippen LogP contribution in [0.15, 0.2) is 60.8 Å². The molecule has 3 rings (SSSR count). The van der Waals surface area contributed by atoms with Gasteiger partial charge >= 0.3 is 0 Å². The fourth-order valence-corrected chi connectivity index (χ4v) is 2.57. The van der Waals surface area contributed by atoms with Gasteiger partial charge in [-0.05, 0) is 41.8 Å². The van der Waals surface area contributed by atoms with Crippen LogP contribution in [0.25, 0.3) is 10.9 Å². The number of hydrogen-bond acceptors (Lipinski definition) is 2. The topological polar surface area (TPSA) is 24.9 Å². The van der Waals surface area contributed by atoms with Gasteiger partial charge in [0.2, 0.25) is 0 Å². The molecule has 0 fully saturated rings. The first-order valence-corrected chi connectivity index (χ1v) is 7.48. The zero-order valence-electron chi connectivity index (χ0n) is 12.3. The van der Waals surface area contributed by atoms with Crippen LogP contribution in [0.3, 0.4) is 0 Å². The van der Waals surface area contributed by atoms with E-state index in [1.807, 2.05) is 12.3 Å². The molecule has 1 aromatic heterocycles. The third-order valence-corrected chi connectivity index (χ3v) is 3.74. The summed E-state index contributed by atoms with van der Waals surface area (Å²) in [5.41, 5.74) is 5.07. The second-order valence-electron chi connectivity index (χ2n) is 5.26. The average Bonchev–Trinajstić information content (AvgIpc) is 2.55. The molecule has 2 aromatic carbocycles. The molecule has 1 heterocycles. The molecule has 0 saturated heterocycles. The fraction of sp³-hybridized carbons (Fsp3) is 0.211. The Hall–Kier alpha value is -2.19. The first-order chi connectivity index (χ1) is 10.4. The number of benzene rings is 2. The van der Waals surface area contributed by atoms with Gasteiger partial charge in [0.1, 0.15) is 0 Å². The lowest BCUT2D eigenvalue weighted by molar-refractivity contribution is 0.726. The van der Waals surface area contributed by atoms with E-state index >= 15 is 0 Å². The molecule has 2 heteroatoms. The van der Waals surface area contributed by atoms with Gasteiger partial charge < -0.3 is 5.32 Å². The van der Waals surface area contributed by atoms with E-state index in [1.54, 1.807) is 0 Å². The average molecular weight is 276 g/mol. The second kappa shape index (κ2) is 6.51. The van der Waals surface area contributed by atoms with Crippen molar-refractivity contribution in [2.45, 2.75) is 19.9 Å². The summed E-state index contributed by atoms with van der Waals surface area (Å²) in [4.78, 5) is 4.42. The Bertz CT molecular complexity index is 712. The van der Waals surface area contributed by atoms with Crippen LogP contribution in [0, 0.1) is 0 Å². The highest BCUT2D eigenvalue weighted by Gasteiger charge is 2.03. The molecule has 2 nitrogen and oxygen atoms in total. The van der Waals surface area contributed by atoms with Gasteiger partial charge in [-0.1, -0.05) is 49.4 Å². The largest absolute Gasteiger partial charge is 0.313 e. The maximum Gasteiger partial charge on any atom is 0.0704 e. The van der Waals surface area contributed by atoms with Crippen molar-refractivity contribution < 1.29 is 0 Å². The van der Waals surface area contributed by atoms with Crippen molar-refractivity contribution in [1.82, 2.24) is 10.3 Å². The lowest BCUT2D eigenvalue weighted by Crippen LogP contribution is -2.11. The van der Waals surface area contributed by atoms with E-state index in [9.17, 15) is 0 Å². The number of hydrogen-bond donors (Lipinski definition) is 1. The highest BCUT2D eigenvalue weighted by molar-refractivity contribution is 5.82. The number of pyridine rings is 1. The third kappa shape index (κ3) is 3.29. The molecule has 0 radical (unpaired) electrons. The molecule has 21 heavy (non-hydrogen) atoms. The summed E-state index contributed by atoms with van der Waals surface area (Å²) < 4.78 is 0. The number of fused-ring (bicyclic) bond motifs is 1. The third-order valence-electron chi connectivity index (χ3n) is 3.74. The molecule has 3 aromatic rings. The number of nitrogens with zero attached hydrogens (tertiary/aromatic N) is 1. The standard InChI is InChI=1S/C19H20N2/c1-2-20-14-16-9-7-15(8-10-16)13-17-11-12-21-19-6-4-3-5-18(17)19/h3-12,20H,2,13-14H2,1H3. The minimum Gasteiger partial charge on any atom is -0.313 e. The number of aromatic nitrogens is 1. The van der Waals surface area contributed by atoms with Crippen LogP contribution < -0.4 is 5.32 Å². The highest BCUT2D eigenvalue weighted by Crippen LogP contribution is 2.19. The Labute approximate surface area is 125 Å². The van der Waals surface area contributed by atoms with Gasteiger partial charge in [0, 0.05) is 18.1 Å². The minimum absolute atomic E-state index is 0.939. The van der Waals surface area contributed by atoms with Crippen LogP contribution in [0.1, 0.15) is 23.6 Å². The summed E-state index contributed by atoms with van der Waals surface area (Å²) in [6, 6.07) is 19.3. The Morgan fingerprint density at radius 3 is 2.48 bits per heavy atom. The molecular formula is C19H20N2. The molecule has 0 bridgehead atoms. The summed E-state index contributed by atoms with van der Waals surface area (Å²) in [6.45, 7) is 4.07. The van der Waals surface area contributed by atoms with Crippen LogP contribution in [-0.2, 0) is 13.0 Å². The van der Waals surface area contributed by atoms with Crippen molar-refractivity contribution in [2.24, 2.45) is 0 Å². The van der Waals surface area contributed by atoms with Crippen LogP contribution in [-0.4, -0.2) is 11.5 Å². The Kier molecular flexibility index (Phi) is 4.27. The van der Waals surface area contributed by atoms with Gasteiger partial charge in [0.05, 0.1) is 5.52 Å². The Balaban J connectivity index is 1.82. The molecule has 0 spiro atoms. The van der Waals surface area contributed by atoms with E-state index in [-0.39, 0.29) is 0 Å². The van der Waals surface area contributed by atoms with Gasteiger partial charge in [0.25, 0.3) is 0 Å². The SMILES string of the molecule is CCNCc1ccc(Cc2ccnc3ccccc23)cc1. The quantitative estimate of drug-likeness (QED) is 0.763. The van der Waals surface area contributed by atoms with Crippen molar-refractivity contribution in [3.05, 3.63) is 77.5 Å². The van der Waals surface area contributed by atoms with E-state index in [2.05, 4.69) is 65.8 Å². The second-order valence-corrected chi connectivity index (χ2v) is 5.26. The van der Waals surface area contributed by atoms with Gasteiger partial charge in [-0.3, -0.25) is 4.98 Å². The van der Waals surface area contributed by atoms with E-state index in [0.717, 1.165) is 25.0 Å². The smallest absolute Gasteiger partial charge is 0.0704 e. The molecule has 106 valence electrons. The van der Waals surface area contributed by atoms with Crippen LogP contribution >= 0.6 is 0 Å². The zero-order chi connectivity index (χ0) is 14.5. The molecular weight excluding hydrogens is 256 g/mol. The molecule has 0 saturated carbocycles. The van der Waals surface area contributed by atoms with E-state index < -0.39 is 0 Å². The summed E-state index contributed by atoms with van der Waals surface area (Å²) in [5.74, 6) is 0. The first-order valence-electron chi connectivity index (χ1n) is 7.48. The van der Waals surface area contributed by atoms with Crippen molar-refractivity contribution in [1.29, 1.82) is 0 Å². The van der Waals surface area contributed by atoms with Gasteiger partial charge in [-0.15, -0.1) is 0 Å². The lowest BCUT2D eigenvalue weighted by Gasteiger charge is -2.07. The van der Waals surface area contributed by atoms with Gasteiger partial charge in [-0.2, -0.15) is 0 Å².